The number of phenolic OH excluding ortho intramolecular Hbond substituents is 1. The molecule has 0 saturated heterocycles. The van der Waals surface area contributed by atoms with Crippen LogP contribution in [0.25, 0.3) is 0 Å². The zero-order valence-corrected chi connectivity index (χ0v) is 13.4. The van der Waals surface area contributed by atoms with Crippen LogP contribution in [-0.4, -0.2) is 11.3 Å². The predicted octanol–water partition coefficient (Wildman–Crippen LogP) is 3.75. The van der Waals surface area contributed by atoms with Crippen LogP contribution in [0.1, 0.15) is 11.1 Å². The maximum Gasteiger partial charge on any atom is 0.174 e. The van der Waals surface area contributed by atoms with Crippen LogP contribution >= 0.6 is 0 Å². The maximum atomic E-state index is 9.87. The largest absolute Gasteiger partial charge is 0.507 e. The average Bonchev–Trinajstić information content (AvgIpc) is 2.63. The molecule has 0 atom stereocenters. The van der Waals surface area contributed by atoms with Gasteiger partial charge in [-0.25, -0.2) is 4.99 Å². The number of rotatable bonds is 4. The Morgan fingerprint density at radius 2 is 1.68 bits per heavy atom. The van der Waals surface area contributed by atoms with Gasteiger partial charge in [0.2, 0.25) is 0 Å². The van der Waals surface area contributed by atoms with Crippen molar-refractivity contribution in [3.63, 3.8) is 0 Å². The number of nitrogens with two attached hydrogens (primary N) is 1. The number of phenols is 1. The van der Waals surface area contributed by atoms with Gasteiger partial charge in [-0.3, -0.25) is 0 Å². The van der Waals surface area contributed by atoms with Crippen LogP contribution in [0.2, 0.25) is 0 Å². The van der Waals surface area contributed by atoms with Gasteiger partial charge in [0.05, 0.1) is 11.4 Å². The highest BCUT2D eigenvalue weighted by Crippen LogP contribution is 2.24. The molecule has 0 saturated carbocycles. The number of hydrogen-bond acceptors (Lipinski definition) is 7. The van der Waals surface area contributed by atoms with Crippen LogP contribution in [0.3, 0.4) is 0 Å². The lowest BCUT2D eigenvalue weighted by atomic mass is 10.2. The van der Waals surface area contributed by atoms with Crippen molar-refractivity contribution in [1.29, 1.82) is 10.5 Å². The smallest absolute Gasteiger partial charge is 0.174 e. The van der Waals surface area contributed by atoms with Crippen molar-refractivity contribution in [2.24, 2.45) is 21.0 Å². The number of allylic oxidation sites excluding steroid dienone is 2. The van der Waals surface area contributed by atoms with E-state index < -0.39 is 0 Å². The van der Waals surface area contributed by atoms with Crippen LogP contribution < -0.4 is 5.73 Å². The van der Waals surface area contributed by atoms with Gasteiger partial charge in [-0.05, 0) is 37.3 Å². The Kier molecular flexibility index (Phi) is 5.59. The number of benzene rings is 2. The first-order chi connectivity index (χ1) is 12.0. The van der Waals surface area contributed by atoms with Crippen molar-refractivity contribution in [3.8, 4) is 17.9 Å². The third-order valence-electron chi connectivity index (χ3n) is 3.14. The number of aliphatic imine (C=N–C) groups is 1. The van der Waals surface area contributed by atoms with Crippen molar-refractivity contribution in [1.82, 2.24) is 0 Å². The van der Waals surface area contributed by atoms with E-state index in [0.29, 0.717) is 16.9 Å². The molecule has 0 aromatic heterocycles. The summed E-state index contributed by atoms with van der Waals surface area (Å²) in [5.74, 6) is -0.0501. The second kappa shape index (κ2) is 8.04. The number of nitriles is 2. The molecule has 2 aromatic carbocycles. The van der Waals surface area contributed by atoms with Gasteiger partial charge in [-0.15, -0.1) is 0 Å². The molecule has 0 aliphatic carbocycles. The highest BCUT2D eigenvalue weighted by molar-refractivity contribution is 5.85. The van der Waals surface area contributed by atoms with Gasteiger partial charge in [-0.2, -0.15) is 20.8 Å². The van der Waals surface area contributed by atoms with Crippen molar-refractivity contribution < 1.29 is 5.11 Å². The third kappa shape index (κ3) is 4.75. The van der Waals surface area contributed by atoms with Gasteiger partial charge >= 0.3 is 0 Å². The van der Waals surface area contributed by atoms with Crippen molar-refractivity contribution in [3.05, 3.63) is 65.0 Å². The Morgan fingerprint density at radius 3 is 2.32 bits per heavy atom. The molecule has 0 radical (unpaired) electrons. The molecule has 2 aromatic rings. The van der Waals surface area contributed by atoms with Gasteiger partial charge in [0.25, 0.3) is 0 Å². The fourth-order valence-electron chi connectivity index (χ4n) is 1.78. The first kappa shape index (κ1) is 17.4. The second-order valence-corrected chi connectivity index (χ2v) is 5.02. The predicted molar refractivity (Wildman–Crippen MR) is 93.5 cm³/mol. The van der Waals surface area contributed by atoms with E-state index in [4.69, 9.17) is 16.3 Å². The molecule has 0 unspecified atom stereocenters. The molecule has 122 valence electrons. The molecule has 3 N–H and O–H groups in total. The summed E-state index contributed by atoms with van der Waals surface area (Å²) in [7, 11) is 0. The average molecular weight is 330 g/mol. The normalized spacial score (nSPS) is 12.0. The number of aryl methyl sites for hydroxylation is 1. The van der Waals surface area contributed by atoms with Gasteiger partial charge in [0.1, 0.15) is 23.6 Å². The summed E-state index contributed by atoms with van der Waals surface area (Å²) in [4.78, 5) is 3.83. The van der Waals surface area contributed by atoms with E-state index in [1.807, 2.05) is 31.2 Å². The zero-order valence-electron chi connectivity index (χ0n) is 13.4. The molecule has 0 heterocycles. The Morgan fingerprint density at radius 1 is 1.04 bits per heavy atom. The van der Waals surface area contributed by atoms with Gasteiger partial charge in [0.15, 0.2) is 5.70 Å². The molecule has 0 aliphatic rings. The van der Waals surface area contributed by atoms with E-state index >= 15 is 0 Å². The number of hydrogen-bond donors (Lipinski definition) is 2. The molecule has 25 heavy (non-hydrogen) atoms. The van der Waals surface area contributed by atoms with E-state index in [0.717, 1.165) is 5.56 Å². The first-order valence-electron chi connectivity index (χ1n) is 7.19. The minimum Gasteiger partial charge on any atom is -0.507 e. The minimum absolute atomic E-state index is 0.0501. The van der Waals surface area contributed by atoms with Crippen molar-refractivity contribution in [2.45, 2.75) is 6.92 Å². The lowest BCUT2D eigenvalue weighted by molar-refractivity contribution is 0.474. The molecule has 7 heteroatoms. The van der Waals surface area contributed by atoms with Crippen LogP contribution in [0.4, 0.5) is 11.4 Å². The maximum absolute atomic E-state index is 9.87. The Balaban J connectivity index is 2.27. The van der Waals surface area contributed by atoms with E-state index in [9.17, 15) is 5.11 Å². The van der Waals surface area contributed by atoms with E-state index in [1.54, 1.807) is 24.3 Å². The van der Waals surface area contributed by atoms with E-state index in [1.165, 1.54) is 12.3 Å². The fraction of sp³-hybridized carbons (Fsp3) is 0.0556. The number of aromatic hydroxyl groups is 1. The SMILES string of the molecule is Cc1ccc(N=Nc2ccc(O)c(C=N/C(C#N)=C(\N)C#N)c2)cc1. The summed E-state index contributed by atoms with van der Waals surface area (Å²) in [6.45, 7) is 1.98. The quantitative estimate of drug-likeness (QED) is 0.502. The third-order valence-corrected chi connectivity index (χ3v) is 3.14. The molecular formula is C18H14N6O. The summed E-state index contributed by atoms with van der Waals surface area (Å²) >= 11 is 0. The molecule has 0 fully saturated rings. The van der Waals surface area contributed by atoms with E-state index in [-0.39, 0.29) is 17.1 Å². The Hall–Kier alpha value is -3.97. The molecule has 0 amide bonds. The Bertz CT molecular complexity index is 943. The molecular weight excluding hydrogens is 316 g/mol. The van der Waals surface area contributed by atoms with Crippen molar-refractivity contribution in [2.75, 3.05) is 0 Å². The molecule has 0 aliphatic heterocycles. The monoisotopic (exact) mass is 330 g/mol. The Labute approximate surface area is 144 Å². The summed E-state index contributed by atoms with van der Waals surface area (Å²) in [5, 5.41) is 35.7. The highest BCUT2D eigenvalue weighted by atomic mass is 16.3. The first-order valence-corrected chi connectivity index (χ1v) is 7.19. The zero-order chi connectivity index (χ0) is 18.2. The van der Waals surface area contributed by atoms with Crippen molar-refractivity contribution >= 4 is 17.6 Å². The second-order valence-electron chi connectivity index (χ2n) is 5.02. The summed E-state index contributed by atoms with van der Waals surface area (Å²) in [6.07, 6.45) is 1.24. The standard InChI is InChI=1S/C18H14N6O/c1-12-2-4-14(5-3-12)23-24-15-6-7-18(25)13(8-15)11-22-17(10-20)16(21)9-19/h2-8,11,25H,21H2,1H3/b17-16-,22-11?,24-23?. The van der Waals surface area contributed by atoms with Crippen LogP contribution in [0, 0.1) is 29.6 Å². The summed E-state index contributed by atoms with van der Waals surface area (Å²) in [5.41, 5.74) is 7.48. The highest BCUT2D eigenvalue weighted by Gasteiger charge is 2.03. The fourth-order valence-corrected chi connectivity index (χ4v) is 1.78. The van der Waals surface area contributed by atoms with Crippen LogP contribution in [0.5, 0.6) is 5.75 Å². The topological polar surface area (TPSA) is 131 Å². The van der Waals surface area contributed by atoms with Gasteiger partial charge in [0, 0.05) is 11.8 Å². The van der Waals surface area contributed by atoms with Gasteiger partial charge in [-0.1, -0.05) is 17.7 Å². The number of nitrogens with zero attached hydrogens (tertiary/aromatic N) is 5. The van der Waals surface area contributed by atoms with E-state index in [2.05, 4.69) is 15.2 Å². The van der Waals surface area contributed by atoms with Gasteiger partial charge < -0.3 is 10.8 Å². The molecule has 0 bridgehead atoms. The molecule has 2 rings (SSSR count). The molecule has 0 spiro atoms. The van der Waals surface area contributed by atoms with Crippen LogP contribution in [0.15, 0.2) is 69.1 Å². The minimum atomic E-state index is -0.298. The lowest BCUT2D eigenvalue weighted by Gasteiger charge is -2.00. The van der Waals surface area contributed by atoms with Crippen LogP contribution in [-0.2, 0) is 0 Å². The lowest BCUT2D eigenvalue weighted by Crippen LogP contribution is -1.97. The summed E-state index contributed by atoms with van der Waals surface area (Å²) < 4.78 is 0. The molecule has 7 nitrogen and oxygen atoms in total. The number of azo groups is 1. The summed E-state index contributed by atoms with van der Waals surface area (Å²) in [6, 6.07) is 15.5.